The number of ketones is 1. The van der Waals surface area contributed by atoms with Crippen molar-refractivity contribution in [1.82, 2.24) is 5.32 Å². The van der Waals surface area contributed by atoms with Crippen molar-refractivity contribution in [3.63, 3.8) is 0 Å². The number of hydrogen-bond donors (Lipinski definition) is 1. The van der Waals surface area contributed by atoms with Crippen molar-refractivity contribution >= 4 is 5.78 Å². The quantitative estimate of drug-likeness (QED) is 0.750. The molecule has 14 heavy (non-hydrogen) atoms. The number of carbonyl (C=O) groups is 1. The second kappa shape index (κ2) is 5.50. The summed E-state index contributed by atoms with van der Waals surface area (Å²) in [5, 5.41) is 3.61. The molecule has 0 spiro atoms. The number of carbonyl (C=O) groups excluding carboxylic acids is 1. The highest BCUT2D eigenvalue weighted by molar-refractivity contribution is 5.82. The molecule has 1 aliphatic rings. The van der Waals surface area contributed by atoms with Crippen LogP contribution in [0.5, 0.6) is 0 Å². The Balaban J connectivity index is 2.52. The Labute approximate surface area is 87.5 Å². The van der Waals surface area contributed by atoms with E-state index in [1.54, 1.807) is 0 Å². The molecule has 1 heterocycles. The maximum absolute atomic E-state index is 11.7. The largest absolute Gasteiger partial charge is 0.310 e. The summed E-state index contributed by atoms with van der Waals surface area (Å²) >= 11 is 0. The van der Waals surface area contributed by atoms with Crippen molar-refractivity contribution < 1.29 is 4.79 Å². The molecule has 0 bridgehead atoms. The molecule has 1 saturated heterocycles. The zero-order chi connectivity index (χ0) is 10.6. The summed E-state index contributed by atoms with van der Waals surface area (Å²) in [5.74, 6) is 0.684. The summed E-state index contributed by atoms with van der Waals surface area (Å²) in [6.45, 7) is 6.43. The van der Waals surface area contributed by atoms with Crippen molar-refractivity contribution in [3.8, 4) is 0 Å². The van der Waals surface area contributed by atoms with Crippen LogP contribution < -0.4 is 5.32 Å². The number of nitrogens with one attached hydrogen (secondary N) is 1. The fourth-order valence-corrected chi connectivity index (χ4v) is 2.34. The highest BCUT2D eigenvalue weighted by atomic mass is 16.1. The summed E-state index contributed by atoms with van der Waals surface area (Å²) in [5.41, 5.74) is 0. The monoisotopic (exact) mass is 197 g/mol. The lowest BCUT2D eigenvalue weighted by Gasteiger charge is -2.34. The molecule has 0 aliphatic carbocycles. The van der Waals surface area contributed by atoms with Crippen LogP contribution in [0.15, 0.2) is 0 Å². The van der Waals surface area contributed by atoms with Gasteiger partial charge in [-0.1, -0.05) is 33.6 Å². The van der Waals surface area contributed by atoms with Crippen LogP contribution in [0.25, 0.3) is 0 Å². The molecule has 0 amide bonds. The smallest absolute Gasteiger partial charge is 0.138 e. The van der Waals surface area contributed by atoms with E-state index >= 15 is 0 Å². The molecule has 1 aliphatic heterocycles. The summed E-state index contributed by atoms with van der Waals surface area (Å²) in [7, 11) is 0. The molecular formula is C12H23NO. The Morgan fingerprint density at radius 1 is 1.29 bits per heavy atom. The zero-order valence-electron chi connectivity index (χ0n) is 9.68. The zero-order valence-corrected chi connectivity index (χ0v) is 9.68. The Morgan fingerprint density at radius 3 is 2.50 bits per heavy atom. The van der Waals surface area contributed by atoms with Crippen molar-refractivity contribution in [3.05, 3.63) is 0 Å². The Morgan fingerprint density at radius 2 is 1.93 bits per heavy atom. The minimum absolute atomic E-state index is 0.225. The van der Waals surface area contributed by atoms with Crippen LogP contribution in [0.2, 0.25) is 0 Å². The molecule has 1 fully saturated rings. The van der Waals surface area contributed by atoms with Crippen molar-refractivity contribution in [1.29, 1.82) is 0 Å². The van der Waals surface area contributed by atoms with E-state index in [2.05, 4.69) is 26.1 Å². The van der Waals surface area contributed by atoms with Gasteiger partial charge in [-0.2, -0.15) is 0 Å². The predicted octanol–water partition coefficient (Wildman–Crippen LogP) is 2.52. The highest BCUT2D eigenvalue weighted by Gasteiger charge is 2.31. The molecule has 3 atom stereocenters. The maximum atomic E-state index is 11.7. The molecule has 0 aromatic rings. The third-order valence-electron chi connectivity index (χ3n) is 3.25. The van der Waals surface area contributed by atoms with Gasteiger partial charge in [-0.05, 0) is 12.8 Å². The third-order valence-corrected chi connectivity index (χ3v) is 3.25. The first-order chi connectivity index (χ1) is 6.69. The normalized spacial score (nSPS) is 33.4. The minimum atomic E-state index is 0.225. The summed E-state index contributed by atoms with van der Waals surface area (Å²) in [4.78, 5) is 11.7. The van der Waals surface area contributed by atoms with Crippen molar-refractivity contribution in [2.75, 3.05) is 0 Å². The van der Waals surface area contributed by atoms with E-state index in [0.29, 0.717) is 17.9 Å². The van der Waals surface area contributed by atoms with E-state index in [1.807, 2.05) is 0 Å². The first-order valence-corrected chi connectivity index (χ1v) is 5.97. The second-order valence-corrected chi connectivity index (χ2v) is 4.51. The summed E-state index contributed by atoms with van der Waals surface area (Å²) < 4.78 is 0. The maximum Gasteiger partial charge on any atom is 0.138 e. The molecule has 0 saturated carbocycles. The Kier molecular flexibility index (Phi) is 4.59. The molecule has 1 rings (SSSR count). The molecule has 2 nitrogen and oxygen atoms in total. The van der Waals surface area contributed by atoms with Gasteiger partial charge in [0, 0.05) is 24.4 Å². The van der Waals surface area contributed by atoms with Crippen LogP contribution in [0.4, 0.5) is 0 Å². The van der Waals surface area contributed by atoms with Crippen molar-refractivity contribution in [2.24, 2.45) is 5.92 Å². The molecular weight excluding hydrogens is 174 g/mol. The fourth-order valence-electron chi connectivity index (χ4n) is 2.34. The molecule has 82 valence electrons. The van der Waals surface area contributed by atoms with Gasteiger partial charge >= 0.3 is 0 Å². The van der Waals surface area contributed by atoms with Gasteiger partial charge in [-0.25, -0.2) is 0 Å². The van der Waals surface area contributed by atoms with E-state index in [0.717, 1.165) is 32.1 Å². The number of rotatable bonds is 4. The van der Waals surface area contributed by atoms with Crippen molar-refractivity contribution in [2.45, 2.75) is 65.0 Å². The first kappa shape index (κ1) is 11.7. The van der Waals surface area contributed by atoms with E-state index < -0.39 is 0 Å². The SMILES string of the molecule is CCC[C@H]1CC(=O)[C@H](C)[C@@H](CCC)N1. The molecule has 1 N–H and O–H groups in total. The van der Waals surface area contributed by atoms with E-state index in [4.69, 9.17) is 0 Å². The number of hydrogen-bond acceptors (Lipinski definition) is 2. The van der Waals surface area contributed by atoms with Gasteiger partial charge < -0.3 is 5.32 Å². The van der Waals surface area contributed by atoms with Gasteiger partial charge in [0.2, 0.25) is 0 Å². The standard InChI is InChI=1S/C12H23NO/c1-4-6-10-8-12(14)9(3)11(13-10)7-5-2/h9-11,13H,4-8H2,1-3H3/t9-,10+,11-/m1/s1. The minimum Gasteiger partial charge on any atom is -0.310 e. The van der Waals surface area contributed by atoms with Gasteiger partial charge in [0.1, 0.15) is 5.78 Å². The lowest BCUT2D eigenvalue weighted by Crippen LogP contribution is -2.50. The van der Waals surface area contributed by atoms with E-state index in [1.165, 1.54) is 0 Å². The number of Topliss-reactive ketones (excluding diaryl/α,β-unsaturated/α-hetero) is 1. The fraction of sp³-hybridized carbons (Fsp3) is 0.917. The molecule has 2 heteroatoms. The average molecular weight is 197 g/mol. The van der Waals surface area contributed by atoms with Crippen LogP contribution in [0.1, 0.15) is 52.9 Å². The lowest BCUT2D eigenvalue weighted by atomic mass is 9.84. The van der Waals surface area contributed by atoms with Crippen LogP contribution >= 0.6 is 0 Å². The Hall–Kier alpha value is -0.370. The molecule has 0 aromatic carbocycles. The number of piperidine rings is 1. The van der Waals surface area contributed by atoms with Gasteiger partial charge in [0.05, 0.1) is 0 Å². The van der Waals surface area contributed by atoms with Gasteiger partial charge in [0.25, 0.3) is 0 Å². The Bertz CT molecular complexity index is 191. The van der Waals surface area contributed by atoms with E-state index in [9.17, 15) is 4.79 Å². The molecule has 0 unspecified atom stereocenters. The van der Waals surface area contributed by atoms with Crippen LogP contribution in [0.3, 0.4) is 0 Å². The van der Waals surface area contributed by atoms with E-state index in [-0.39, 0.29) is 5.92 Å². The highest BCUT2D eigenvalue weighted by Crippen LogP contribution is 2.21. The topological polar surface area (TPSA) is 29.1 Å². The second-order valence-electron chi connectivity index (χ2n) is 4.51. The average Bonchev–Trinajstić information content (AvgIpc) is 2.14. The first-order valence-electron chi connectivity index (χ1n) is 5.97. The summed E-state index contributed by atoms with van der Waals surface area (Å²) in [6, 6.07) is 0.873. The molecule has 0 radical (unpaired) electrons. The summed E-state index contributed by atoms with van der Waals surface area (Å²) in [6.07, 6.45) is 5.34. The van der Waals surface area contributed by atoms with Crippen LogP contribution in [-0.4, -0.2) is 17.9 Å². The van der Waals surface area contributed by atoms with Gasteiger partial charge in [-0.3, -0.25) is 4.79 Å². The predicted molar refractivity (Wildman–Crippen MR) is 59.3 cm³/mol. The van der Waals surface area contributed by atoms with Crippen LogP contribution in [-0.2, 0) is 4.79 Å². The lowest BCUT2D eigenvalue weighted by molar-refractivity contribution is -0.126. The van der Waals surface area contributed by atoms with Gasteiger partial charge in [0.15, 0.2) is 0 Å². The third kappa shape index (κ3) is 2.81. The van der Waals surface area contributed by atoms with Crippen LogP contribution in [0, 0.1) is 5.92 Å². The van der Waals surface area contributed by atoms with Gasteiger partial charge in [-0.15, -0.1) is 0 Å². The molecule has 0 aromatic heterocycles.